The molecule has 0 bridgehead atoms. The van der Waals surface area contributed by atoms with E-state index in [9.17, 15) is 0 Å². The van der Waals surface area contributed by atoms with Crippen molar-refractivity contribution in [1.82, 2.24) is 4.57 Å². The highest BCUT2D eigenvalue weighted by atomic mass is 28.3. The average molecular weight is 666 g/mol. The van der Waals surface area contributed by atoms with Crippen LogP contribution in [0.1, 0.15) is 11.1 Å². The second kappa shape index (κ2) is 12.0. The second-order valence-electron chi connectivity index (χ2n) is 13.6. The van der Waals surface area contributed by atoms with Crippen LogP contribution in [-0.2, 0) is 6.42 Å². The minimum absolute atomic E-state index is 0.965. The van der Waals surface area contributed by atoms with Gasteiger partial charge >= 0.3 is 0 Å². The lowest BCUT2D eigenvalue weighted by Gasteiger charge is -2.35. The van der Waals surface area contributed by atoms with Crippen LogP contribution in [0.3, 0.4) is 0 Å². The summed E-state index contributed by atoms with van der Waals surface area (Å²) in [6.45, 7) is 0. The lowest BCUT2D eigenvalue weighted by molar-refractivity contribution is 1.18. The molecule has 1 nitrogen and oxygen atoms in total. The third kappa shape index (κ3) is 4.61. The first-order chi connectivity index (χ1) is 25.3. The first-order valence-electron chi connectivity index (χ1n) is 17.8. The van der Waals surface area contributed by atoms with Gasteiger partial charge in [0.2, 0.25) is 0 Å². The summed E-state index contributed by atoms with van der Waals surface area (Å²) in [7, 11) is -2.85. The molecular weight excluding hydrogens is 631 g/mol. The first kappa shape index (κ1) is 29.7. The van der Waals surface area contributed by atoms with E-state index in [-0.39, 0.29) is 0 Å². The van der Waals surface area contributed by atoms with E-state index in [1.807, 2.05) is 0 Å². The first-order valence-corrected chi connectivity index (χ1v) is 19.8. The van der Waals surface area contributed by atoms with Gasteiger partial charge in [0.25, 0.3) is 0 Å². The highest BCUT2D eigenvalue weighted by Gasteiger charge is 2.42. The van der Waals surface area contributed by atoms with Crippen LogP contribution in [0.2, 0.25) is 0 Å². The lowest BCUT2D eigenvalue weighted by Crippen LogP contribution is -2.74. The molecule has 51 heavy (non-hydrogen) atoms. The Morgan fingerprint density at radius 2 is 0.882 bits per heavy atom. The SMILES string of the molecule is c1ccc([Si](c2ccccc2)(c2cccc(-c3cccc4c3Cc3ccccc3-4)c2)c2cccc(-n3c4ccccc4c4ccccc43)c2)cc1. The summed E-state index contributed by atoms with van der Waals surface area (Å²) in [5, 5.41) is 8.04. The summed E-state index contributed by atoms with van der Waals surface area (Å²) in [6, 6.07) is 74.8. The number of fused-ring (bicyclic) bond motifs is 6. The van der Waals surface area contributed by atoms with E-state index in [1.165, 1.54) is 81.6 Å². The van der Waals surface area contributed by atoms with E-state index in [1.54, 1.807) is 0 Å². The predicted octanol–water partition coefficient (Wildman–Crippen LogP) is 9.40. The number of hydrogen-bond acceptors (Lipinski definition) is 0. The van der Waals surface area contributed by atoms with E-state index >= 15 is 0 Å². The highest BCUT2D eigenvalue weighted by Crippen LogP contribution is 2.41. The minimum atomic E-state index is -2.85. The van der Waals surface area contributed by atoms with Crippen molar-refractivity contribution in [2.45, 2.75) is 6.42 Å². The average Bonchev–Trinajstić information content (AvgIpc) is 3.76. The fourth-order valence-electron chi connectivity index (χ4n) is 8.80. The van der Waals surface area contributed by atoms with Crippen molar-refractivity contribution >= 4 is 50.6 Å². The van der Waals surface area contributed by atoms with Gasteiger partial charge in [-0.2, -0.15) is 0 Å². The van der Waals surface area contributed by atoms with Crippen LogP contribution in [0.25, 0.3) is 49.7 Å². The van der Waals surface area contributed by atoms with Crippen molar-refractivity contribution in [1.29, 1.82) is 0 Å². The van der Waals surface area contributed by atoms with Gasteiger partial charge in [-0.1, -0.05) is 176 Å². The van der Waals surface area contributed by atoms with E-state index in [4.69, 9.17) is 0 Å². The maximum Gasteiger partial charge on any atom is 0.179 e. The van der Waals surface area contributed by atoms with Crippen molar-refractivity contribution in [2.75, 3.05) is 0 Å². The lowest BCUT2D eigenvalue weighted by atomic mass is 9.96. The zero-order valence-electron chi connectivity index (χ0n) is 28.2. The maximum absolute atomic E-state index is 2.85. The predicted molar refractivity (Wildman–Crippen MR) is 218 cm³/mol. The molecule has 1 aliphatic carbocycles. The minimum Gasteiger partial charge on any atom is -0.309 e. The Morgan fingerprint density at radius 3 is 1.59 bits per heavy atom. The standard InChI is InChI=1S/C49H35NSi/c1-3-19-38(20-4-1)51(39-21-5-2-6-22-39,40-23-13-17-35(32-40)43-28-15-29-44-42-25-8-7-16-36(42)33-47(43)44)41-24-14-18-37(34-41)50-48-30-11-9-26-45(48)46-27-10-12-31-49(46)50/h1-32,34H,33H2. The van der Waals surface area contributed by atoms with Gasteiger partial charge in [-0.25, -0.2) is 0 Å². The van der Waals surface area contributed by atoms with Crippen LogP contribution in [0.4, 0.5) is 0 Å². The van der Waals surface area contributed by atoms with Crippen LogP contribution in [0.15, 0.2) is 200 Å². The molecule has 240 valence electrons. The molecule has 1 aromatic heterocycles. The van der Waals surface area contributed by atoms with Crippen LogP contribution in [0, 0.1) is 0 Å². The van der Waals surface area contributed by atoms with Crippen molar-refractivity contribution in [2.24, 2.45) is 0 Å². The van der Waals surface area contributed by atoms with E-state index in [2.05, 4.69) is 205 Å². The topological polar surface area (TPSA) is 4.93 Å². The van der Waals surface area contributed by atoms with Crippen molar-refractivity contribution in [3.8, 4) is 27.9 Å². The van der Waals surface area contributed by atoms with E-state index in [0.29, 0.717) is 0 Å². The summed E-state index contributed by atoms with van der Waals surface area (Å²) in [5.41, 5.74) is 11.8. The Labute approximate surface area is 299 Å². The molecule has 0 unspecified atom stereocenters. The van der Waals surface area contributed by atoms with Gasteiger partial charge in [-0.05, 0) is 84.8 Å². The number of aromatic nitrogens is 1. The third-order valence-electron chi connectivity index (χ3n) is 11.0. The molecule has 0 fully saturated rings. The molecule has 1 heterocycles. The molecule has 0 spiro atoms. The Bertz CT molecular complexity index is 2630. The molecule has 0 amide bonds. The number of hydrogen-bond donors (Lipinski definition) is 0. The molecule has 9 aromatic rings. The summed E-state index contributed by atoms with van der Waals surface area (Å²) in [5.74, 6) is 0. The van der Waals surface area contributed by atoms with Gasteiger partial charge in [0, 0.05) is 16.5 Å². The maximum atomic E-state index is 2.51. The Balaban J connectivity index is 1.24. The summed E-state index contributed by atoms with van der Waals surface area (Å²) in [4.78, 5) is 0. The van der Waals surface area contributed by atoms with Gasteiger partial charge in [-0.15, -0.1) is 0 Å². The zero-order valence-corrected chi connectivity index (χ0v) is 29.2. The van der Waals surface area contributed by atoms with Crippen molar-refractivity contribution < 1.29 is 0 Å². The molecular formula is C49H35NSi. The molecule has 0 N–H and O–H groups in total. The van der Waals surface area contributed by atoms with E-state index in [0.717, 1.165) is 6.42 Å². The molecule has 2 heteroatoms. The van der Waals surface area contributed by atoms with Gasteiger partial charge in [-0.3, -0.25) is 0 Å². The third-order valence-corrected chi connectivity index (χ3v) is 15.7. The highest BCUT2D eigenvalue weighted by molar-refractivity contribution is 7.20. The molecule has 0 aliphatic heterocycles. The molecule has 0 saturated heterocycles. The van der Waals surface area contributed by atoms with E-state index < -0.39 is 8.07 Å². The molecule has 0 saturated carbocycles. The zero-order chi connectivity index (χ0) is 33.8. The monoisotopic (exact) mass is 665 g/mol. The Hall–Kier alpha value is -6.22. The second-order valence-corrected chi connectivity index (χ2v) is 17.5. The molecule has 0 atom stereocenters. The van der Waals surface area contributed by atoms with Gasteiger partial charge in [0.15, 0.2) is 8.07 Å². The Morgan fingerprint density at radius 1 is 0.373 bits per heavy atom. The number of benzene rings is 8. The molecule has 10 rings (SSSR count). The normalized spacial score (nSPS) is 12.2. The fourth-order valence-corrected chi connectivity index (χ4v) is 13.6. The molecule has 8 aromatic carbocycles. The van der Waals surface area contributed by atoms with Crippen LogP contribution in [-0.4, -0.2) is 12.6 Å². The number of rotatable bonds is 6. The van der Waals surface area contributed by atoms with Crippen LogP contribution >= 0.6 is 0 Å². The number of para-hydroxylation sites is 2. The van der Waals surface area contributed by atoms with Crippen LogP contribution < -0.4 is 20.7 Å². The fraction of sp³-hybridized carbons (Fsp3) is 0.0204. The number of nitrogens with zero attached hydrogens (tertiary/aromatic N) is 1. The summed E-state index contributed by atoms with van der Waals surface area (Å²) in [6.07, 6.45) is 0.965. The smallest absolute Gasteiger partial charge is 0.179 e. The summed E-state index contributed by atoms with van der Waals surface area (Å²) >= 11 is 0. The van der Waals surface area contributed by atoms with Gasteiger partial charge in [0.05, 0.1) is 11.0 Å². The largest absolute Gasteiger partial charge is 0.309 e. The van der Waals surface area contributed by atoms with Gasteiger partial charge in [0.1, 0.15) is 0 Å². The molecule has 1 aliphatic rings. The quantitative estimate of drug-likeness (QED) is 0.123. The van der Waals surface area contributed by atoms with Crippen LogP contribution in [0.5, 0.6) is 0 Å². The Kier molecular flexibility index (Phi) is 6.97. The van der Waals surface area contributed by atoms with Crippen molar-refractivity contribution in [3.63, 3.8) is 0 Å². The van der Waals surface area contributed by atoms with Gasteiger partial charge < -0.3 is 4.57 Å². The summed E-state index contributed by atoms with van der Waals surface area (Å²) < 4.78 is 2.45. The van der Waals surface area contributed by atoms with Crippen molar-refractivity contribution in [3.05, 3.63) is 211 Å². The molecule has 0 radical (unpaired) electrons.